The summed E-state index contributed by atoms with van der Waals surface area (Å²) in [5, 5.41) is 23.0. The summed E-state index contributed by atoms with van der Waals surface area (Å²) in [5.41, 5.74) is 2.72. The number of nitro groups is 1. The number of nitriles is 1. The van der Waals surface area contributed by atoms with Gasteiger partial charge in [-0.25, -0.2) is 0 Å². The smallest absolute Gasteiger partial charge is 0.293 e. The minimum absolute atomic E-state index is 0.0153. The van der Waals surface area contributed by atoms with Crippen LogP contribution in [0.25, 0.3) is 0 Å². The first-order valence-electron chi connectivity index (χ1n) is 6.84. The summed E-state index contributed by atoms with van der Waals surface area (Å²) in [6, 6.07) is 11.5. The van der Waals surface area contributed by atoms with E-state index < -0.39 is 4.92 Å². The minimum atomic E-state index is -0.534. The van der Waals surface area contributed by atoms with Gasteiger partial charge in [0, 0.05) is 24.5 Å². The lowest BCUT2D eigenvalue weighted by Crippen LogP contribution is -2.20. The Labute approximate surface area is 131 Å². The van der Waals surface area contributed by atoms with E-state index in [9.17, 15) is 14.9 Å². The average Bonchev–Trinajstić information content (AvgIpc) is 2.81. The Balaban J connectivity index is 1.95. The third kappa shape index (κ3) is 2.58. The van der Waals surface area contributed by atoms with Crippen molar-refractivity contribution in [2.24, 2.45) is 0 Å². The second kappa shape index (κ2) is 5.42. The van der Waals surface area contributed by atoms with Gasteiger partial charge >= 0.3 is 0 Å². The van der Waals surface area contributed by atoms with Gasteiger partial charge in [-0.05, 0) is 35.9 Å². The van der Waals surface area contributed by atoms with Crippen molar-refractivity contribution < 1.29 is 9.72 Å². The molecule has 0 radical (unpaired) electrons. The van der Waals surface area contributed by atoms with Gasteiger partial charge in [-0.3, -0.25) is 14.9 Å². The van der Waals surface area contributed by atoms with Gasteiger partial charge in [-0.1, -0.05) is 0 Å². The van der Waals surface area contributed by atoms with E-state index in [2.05, 4.69) is 5.32 Å². The van der Waals surface area contributed by atoms with Crippen LogP contribution in [-0.2, 0) is 11.2 Å². The first kappa shape index (κ1) is 14.5. The van der Waals surface area contributed by atoms with Crippen LogP contribution in [0.4, 0.5) is 22.7 Å². The highest BCUT2D eigenvalue weighted by Crippen LogP contribution is 2.33. The van der Waals surface area contributed by atoms with Crippen LogP contribution < -0.4 is 10.2 Å². The molecule has 0 fully saturated rings. The summed E-state index contributed by atoms with van der Waals surface area (Å²) in [6.07, 6.45) is 0.316. The van der Waals surface area contributed by atoms with E-state index in [1.807, 2.05) is 6.07 Å². The molecule has 3 rings (SSSR count). The zero-order valence-corrected chi connectivity index (χ0v) is 12.2. The molecular weight excluding hydrogens is 296 g/mol. The normalized spacial score (nSPS) is 12.7. The van der Waals surface area contributed by atoms with Crippen LogP contribution in [0.1, 0.15) is 11.1 Å². The molecular formula is C16H12N4O3. The average molecular weight is 308 g/mol. The number of amides is 1. The minimum Gasteiger partial charge on any atom is -0.350 e. The molecule has 0 atom stereocenters. The Morgan fingerprint density at radius 3 is 2.78 bits per heavy atom. The van der Waals surface area contributed by atoms with Crippen LogP contribution in [-0.4, -0.2) is 17.9 Å². The Kier molecular flexibility index (Phi) is 3.43. The topological polar surface area (TPSA) is 99.3 Å². The third-order valence-electron chi connectivity index (χ3n) is 3.76. The number of fused-ring (bicyclic) bond motifs is 1. The number of carbonyl (C=O) groups is 1. The second-order valence-electron chi connectivity index (χ2n) is 5.20. The molecule has 2 aromatic carbocycles. The van der Waals surface area contributed by atoms with Crippen molar-refractivity contribution in [3.8, 4) is 6.07 Å². The number of carbonyl (C=O) groups excluding carboxylic acids is 1. The lowest BCUT2D eigenvalue weighted by atomic mass is 10.1. The number of benzene rings is 2. The van der Waals surface area contributed by atoms with Gasteiger partial charge in [0.25, 0.3) is 5.69 Å². The molecule has 114 valence electrons. The molecule has 7 heteroatoms. The van der Waals surface area contributed by atoms with Crippen LogP contribution in [0.5, 0.6) is 0 Å². The molecule has 23 heavy (non-hydrogen) atoms. The number of nitro benzene ring substituents is 1. The van der Waals surface area contributed by atoms with Gasteiger partial charge in [0.15, 0.2) is 0 Å². The van der Waals surface area contributed by atoms with Gasteiger partial charge in [0.2, 0.25) is 5.91 Å². The molecule has 1 aliphatic rings. The molecule has 1 aliphatic heterocycles. The van der Waals surface area contributed by atoms with Gasteiger partial charge in [-0.15, -0.1) is 0 Å². The quantitative estimate of drug-likeness (QED) is 0.694. The number of rotatable bonds is 3. The van der Waals surface area contributed by atoms with Crippen LogP contribution in [0.2, 0.25) is 0 Å². The Morgan fingerprint density at radius 2 is 2.09 bits per heavy atom. The van der Waals surface area contributed by atoms with E-state index in [0.717, 1.165) is 11.3 Å². The van der Waals surface area contributed by atoms with Gasteiger partial charge in [0.1, 0.15) is 5.69 Å². The van der Waals surface area contributed by atoms with E-state index in [1.165, 1.54) is 18.2 Å². The predicted molar refractivity (Wildman–Crippen MR) is 84.7 cm³/mol. The molecule has 1 amide bonds. The predicted octanol–water partition coefficient (Wildman–Crippen LogP) is 2.73. The van der Waals surface area contributed by atoms with Crippen molar-refractivity contribution >= 4 is 28.7 Å². The number of nitrogens with one attached hydrogen (secondary N) is 1. The maximum Gasteiger partial charge on any atom is 0.293 e. The van der Waals surface area contributed by atoms with Crippen molar-refractivity contribution in [1.82, 2.24) is 0 Å². The molecule has 2 aromatic rings. The van der Waals surface area contributed by atoms with E-state index >= 15 is 0 Å². The summed E-state index contributed by atoms with van der Waals surface area (Å²) in [7, 11) is 1.72. The first-order valence-corrected chi connectivity index (χ1v) is 6.84. The molecule has 1 heterocycles. The SMILES string of the molecule is CN1C(=O)Cc2cc(Nc3ccc(C#N)cc3[N+](=O)[O-])ccc21. The highest BCUT2D eigenvalue weighted by molar-refractivity contribution is 6.01. The van der Waals surface area contributed by atoms with Gasteiger partial charge < -0.3 is 10.2 Å². The number of nitrogens with zero attached hydrogens (tertiary/aromatic N) is 3. The van der Waals surface area contributed by atoms with Crippen molar-refractivity contribution in [3.05, 3.63) is 57.6 Å². The standard InChI is InChI=1S/C16H12N4O3/c1-19-14-5-3-12(7-11(14)8-16(19)21)18-13-4-2-10(9-17)6-15(13)20(22)23/h2-7,18H,8H2,1H3. The highest BCUT2D eigenvalue weighted by atomic mass is 16.6. The summed E-state index contributed by atoms with van der Waals surface area (Å²) in [6.45, 7) is 0. The van der Waals surface area contributed by atoms with E-state index in [1.54, 1.807) is 30.1 Å². The Hall–Kier alpha value is -3.40. The Bertz CT molecular complexity index is 870. The fraction of sp³-hybridized carbons (Fsp3) is 0.125. The lowest BCUT2D eigenvalue weighted by molar-refractivity contribution is -0.383. The molecule has 0 aliphatic carbocycles. The maximum absolute atomic E-state index is 11.7. The summed E-state index contributed by atoms with van der Waals surface area (Å²) in [4.78, 5) is 23.9. The number of likely N-dealkylation sites (N-methyl/N-ethyl adjacent to an activating group) is 1. The molecule has 1 N–H and O–H groups in total. The summed E-state index contributed by atoms with van der Waals surface area (Å²) < 4.78 is 0. The van der Waals surface area contributed by atoms with E-state index in [4.69, 9.17) is 5.26 Å². The van der Waals surface area contributed by atoms with Crippen molar-refractivity contribution in [3.63, 3.8) is 0 Å². The molecule has 0 unspecified atom stereocenters. The highest BCUT2D eigenvalue weighted by Gasteiger charge is 2.24. The van der Waals surface area contributed by atoms with Crippen molar-refractivity contribution in [1.29, 1.82) is 5.26 Å². The number of anilines is 3. The monoisotopic (exact) mass is 308 g/mol. The van der Waals surface area contributed by atoms with E-state index in [-0.39, 0.29) is 17.2 Å². The Morgan fingerprint density at radius 1 is 1.30 bits per heavy atom. The fourth-order valence-electron chi connectivity index (χ4n) is 2.56. The van der Waals surface area contributed by atoms with Crippen LogP contribution in [0.15, 0.2) is 36.4 Å². The molecule has 0 saturated carbocycles. The third-order valence-corrected chi connectivity index (χ3v) is 3.76. The van der Waals surface area contributed by atoms with Crippen LogP contribution in [0, 0.1) is 21.4 Å². The van der Waals surface area contributed by atoms with E-state index in [0.29, 0.717) is 17.8 Å². The van der Waals surface area contributed by atoms with Gasteiger partial charge in [0.05, 0.1) is 23.0 Å². The van der Waals surface area contributed by atoms with Crippen LogP contribution in [0.3, 0.4) is 0 Å². The summed E-state index contributed by atoms with van der Waals surface area (Å²) >= 11 is 0. The van der Waals surface area contributed by atoms with Crippen LogP contribution >= 0.6 is 0 Å². The number of hydrogen-bond donors (Lipinski definition) is 1. The molecule has 0 bridgehead atoms. The molecule has 7 nitrogen and oxygen atoms in total. The van der Waals surface area contributed by atoms with Crippen molar-refractivity contribution in [2.75, 3.05) is 17.3 Å². The maximum atomic E-state index is 11.7. The summed E-state index contributed by atoms with van der Waals surface area (Å²) in [5.74, 6) is 0.0153. The number of hydrogen-bond acceptors (Lipinski definition) is 5. The van der Waals surface area contributed by atoms with Gasteiger partial charge in [-0.2, -0.15) is 5.26 Å². The first-order chi connectivity index (χ1) is 11.0. The molecule has 0 aromatic heterocycles. The molecule has 0 saturated heterocycles. The zero-order valence-electron chi connectivity index (χ0n) is 12.2. The largest absolute Gasteiger partial charge is 0.350 e. The lowest BCUT2D eigenvalue weighted by Gasteiger charge is -2.12. The molecule has 0 spiro atoms. The fourth-order valence-corrected chi connectivity index (χ4v) is 2.56. The van der Waals surface area contributed by atoms with Crippen molar-refractivity contribution in [2.45, 2.75) is 6.42 Å². The second-order valence-corrected chi connectivity index (χ2v) is 5.20. The zero-order chi connectivity index (χ0) is 16.6.